The van der Waals surface area contributed by atoms with Crippen molar-refractivity contribution in [2.24, 2.45) is 0 Å². The number of hydrogen-bond acceptors (Lipinski definition) is 6. The van der Waals surface area contributed by atoms with Crippen LogP contribution in [0.1, 0.15) is 81.3 Å². The minimum absolute atomic E-state index is 0.0443. The first-order valence-corrected chi connectivity index (χ1v) is 11.4. The van der Waals surface area contributed by atoms with Crippen LogP contribution in [-0.2, 0) is 6.42 Å². The highest BCUT2D eigenvalue weighted by Gasteiger charge is 2.44. The molecule has 0 aliphatic carbocycles. The Bertz CT molecular complexity index is 976. The second-order valence-electron chi connectivity index (χ2n) is 8.62. The second kappa shape index (κ2) is 9.77. The summed E-state index contributed by atoms with van der Waals surface area (Å²) in [6.07, 6.45) is 4.73. The van der Waals surface area contributed by atoms with E-state index in [9.17, 15) is 9.90 Å². The van der Waals surface area contributed by atoms with Crippen molar-refractivity contribution in [3.63, 3.8) is 0 Å². The Morgan fingerprint density at radius 1 is 1.28 bits per heavy atom. The molecule has 3 rings (SSSR count). The third kappa shape index (κ3) is 4.53. The molecule has 0 bridgehead atoms. The SMILES string of the molecule is C/C=C\c1c(N[C@@H]2c3cc(C(=O)N(CC)CC)ccc3OC(C)(C)[C@H]2O)noc1CCC. The van der Waals surface area contributed by atoms with E-state index in [-0.39, 0.29) is 5.91 Å². The number of aliphatic hydroxyl groups is 1. The Balaban J connectivity index is 2.05. The number of nitrogens with zero attached hydrogens (tertiary/aromatic N) is 2. The molecule has 0 fully saturated rings. The van der Waals surface area contributed by atoms with E-state index in [1.54, 1.807) is 11.0 Å². The average molecular weight is 442 g/mol. The van der Waals surface area contributed by atoms with Crippen molar-refractivity contribution >= 4 is 17.8 Å². The molecule has 1 aromatic carbocycles. The van der Waals surface area contributed by atoms with Crippen LogP contribution in [0.25, 0.3) is 6.08 Å². The zero-order chi connectivity index (χ0) is 23.5. The highest BCUT2D eigenvalue weighted by molar-refractivity contribution is 5.94. The third-order valence-corrected chi connectivity index (χ3v) is 5.95. The Kier molecular flexibility index (Phi) is 7.29. The first kappa shape index (κ1) is 23.9. The van der Waals surface area contributed by atoms with Gasteiger partial charge in [0.05, 0.1) is 11.6 Å². The number of anilines is 1. The van der Waals surface area contributed by atoms with Crippen LogP contribution in [0.15, 0.2) is 28.8 Å². The highest BCUT2D eigenvalue weighted by atomic mass is 16.5. The van der Waals surface area contributed by atoms with Crippen molar-refractivity contribution in [1.82, 2.24) is 10.1 Å². The van der Waals surface area contributed by atoms with Crippen LogP contribution in [0, 0.1) is 0 Å². The maximum absolute atomic E-state index is 12.9. The number of benzene rings is 1. The lowest BCUT2D eigenvalue weighted by Crippen LogP contribution is -2.50. The van der Waals surface area contributed by atoms with Crippen LogP contribution >= 0.6 is 0 Å². The normalized spacial score (nSPS) is 19.5. The Morgan fingerprint density at radius 2 is 2.00 bits per heavy atom. The quantitative estimate of drug-likeness (QED) is 0.610. The summed E-state index contributed by atoms with van der Waals surface area (Å²) in [5.41, 5.74) is 1.34. The van der Waals surface area contributed by atoms with Gasteiger partial charge in [0.1, 0.15) is 23.2 Å². The van der Waals surface area contributed by atoms with Crippen molar-refractivity contribution < 1.29 is 19.2 Å². The average Bonchev–Trinajstić information content (AvgIpc) is 3.13. The van der Waals surface area contributed by atoms with E-state index in [1.807, 2.05) is 58.9 Å². The Morgan fingerprint density at radius 3 is 2.62 bits per heavy atom. The van der Waals surface area contributed by atoms with E-state index in [0.717, 1.165) is 29.7 Å². The number of nitrogens with one attached hydrogen (secondary N) is 1. The fourth-order valence-electron chi connectivity index (χ4n) is 4.11. The van der Waals surface area contributed by atoms with Gasteiger partial charge in [-0.05, 0) is 59.2 Å². The number of amides is 1. The van der Waals surface area contributed by atoms with Gasteiger partial charge < -0.3 is 24.6 Å². The van der Waals surface area contributed by atoms with Gasteiger partial charge >= 0.3 is 0 Å². The van der Waals surface area contributed by atoms with E-state index in [2.05, 4.69) is 17.4 Å². The van der Waals surface area contributed by atoms with Crippen molar-refractivity contribution in [2.45, 2.75) is 72.1 Å². The molecule has 2 heterocycles. The standard InChI is InChI=1S/C25H35N3O4/c1-7-11-17-20(12-8-2)32-27-23(17)26-21-18-15-16(24(30)28(9-3)10-4)13-14-19(18)31-25(5,6)22(21)29/h7,11,13-15,21-22,29H,8-10,12H2,1-6H3,(H,26,27)/b11-7-/t21-,22+/m1/s1. The number of rotatable bonds is 8. The van der Waals surface area contributed by atoms with E-state index in [0.29, 0.717) is 30.2 Å². The first-order chi connectivity index (χ1) is 15.3. The molecule has 7 heteroatoms. The monoisotopic (exact) mass is 441 g/mol. The zero-order valence-electron chi connectivity index (χ0n) is 19.9. The molecule has 0 saturated heterocycles. The number of aryl methyl sites for hydroxylation is 1. The number of ether oxygens (including phenoxy) is 1. The van der Waals surface area contributed by atoms with Crippen LogP contribution in [0.2, 0.25) is 0 Å². The Hall–Kier alpha value is -2.80. The summed E-state index contributed by atoms with van der Waals surface area (Å²) in [5, 5.41) is 18.8. The molecule has 2 aromatic rings. The van der Waals surface area contributed by atoms with E-state index < -0.39 is 17.7 Å². The van der Waals surface area contributed by atoms with Gasteiger partial charge in [0, 0.05) is 30.6 Å². The number of allylic oxidation sites excluding steroid dienone is 1. The smallest absolute Gasteiger partial charge is 0.253 e. The fraction of sp³-hybridized carbons (Fsp3) is 0.520. The van der Waals surface area contributed by atoms with Crippen LogP contribution in [0.5, 0.6) is 5.75 Å². The molecule has 1 aromatic heterocycles. The molecule has 174 valence electrons. The lowest BCUT2D eigenvalue weighted by atomic mass is 9.85. The number of aliphatic hydroxyl groups excluding tert-OH is 1. The molecule has 0 unspecified atom stereocenters. The molecular formula is C25H35N3O4. The Labute approximate surface area is 190 Å². The summed E-state index contributed by atoms with van der Waals surface area (Å²) in [5.74, 6) is 1.97. The van der Waals surface area contributed by atoms with Gasteiger partial charge in [0.25, 0.3) is 5.91 Å². The number of aromatic nitrogens is 1. The molecule has 0 saturated carbocycles. The van der Waals surface area contributed by atoms with Crippen molar-refractivity contribution in [3.8, 4) is 5.75 Å². The minimum atomic E-state index is -0.876. The minimum Gasteiger partial charge on any atom is -0.485 e. The van der Waals surface area contributed by atoms with Crippen LogP contribution in [0.4, 0.5) is 5.82 Å². The van der Waals surface area contributed by atoms with Gasteiger partial charge in [-0.25, -0.2) is 0 Å². The fourth-order valence-corrected chi connectivity index (χ4v) is 4.11. The summed E-state index contributed by atoms with van der Waals surface area (Å²) in [6, 6.07) is 4.88. The van der Waals surface area contributed by atoms with Crippen molar-refractivity contribution in [1.29, 1.82) is 0 Å². The zero-order valence-corrected chi connectivity index (χ0v) is 19.9. The molecule has 0 spiro atoms. The molecule has 7 nitrogen and oxygen atoms in total. The second-order valence-corrected chi connectivity index (χ2v) is 8.62. The van der Waals surface area contributed by atoms with Crippen LogP contribution < -0.4 is 10.1 Å². The maximum atomic E-state index is 12.9. The first-order valence-electron chi connectivity index (χ1n) is 11.4. The highest BCUT2D eigenvalue weighted by Crippen LogP contribution is 2.42. The predicted octanol–water partition coefficient (Wildman–Crippen LogP) is 4.83. The summed E-state index contributed by atoms with van der Waals surface area (Å²) < 4.78 is 11.7. The van der Waals surface area contributed by atoms with Gasteiger partial charge in [-0.15, -0.1) is 0 Å². The summed E-state index contributed by atoms with van der Waals surface area (Å²) >= 11 is 0. The van der Waals surface area contributed by atoms with Gasteiger partial charge in [0.15, 0.2) is 5.82 Å². The molecule has 2 atom stereocenters. The molecule has 32 heavy (non-hydrogen) atoms. The molecule has 1 aliphatic heterocycles. The predicted molar refractivity (Wildman–Crippen MR) is 126 cm³/mol. The molecule has 0 radical (unpaired) electrons. The van der Waals surface area contributed by atoms with Crippen molar-refractivity contribution in [3.05, 3.63) is 46.7 Å². The summed E-state index contributed by atoms with van der Waals surface area (Å²) in [6.45, 7) is 12.9. The number of carbonyl (C=O) groups is 1. The number of fused-ring (bicyclic) bond motifs is 1. The van der Waals surface area contributed by atoms with Crippen molar-refractivity contribution in [2.75, 3.05) is 18.4 Å². The van der Waals surface area contributed by atoms with Gasteiger partial charge in [-0.1, -0.05) is 24.2 Å². The summed E-state index contributed by atoms with van der Waals surface area (Å²) in [7, 11) is 0. The van der Waals surface area contributed by atoms with E-state index >= 15 is 0 Å². The van der Waals surface area contributed by atoms with Crippen LogP contribution in [0.3, 0.4) is 0 Å². The largest absolute Gasteiger partial charge is 0.485 e. The summed E-state index contributed by atoms with van der Waals surface area (Å²) in [4.78, 5) is 14.7. The lowest BCUT2D eigenvalue weighted by molar-refractivity contribution is -0.0533. The number of carbonyl (C=O) groups excluding carboxylic acids is 1. The number of hydrogen-bond donors (Lipinski definition) is 2. The van der Waals surface area contributed by atoms with E-state index in [4.69, 9.17) is 9.26 Å². The molecular weight excluding hydrogens is 406 g/mol. The molecule has 2 N–H and O–H groups in total. The van der Waals surface area contributed by atoms with E-state index in [1.165, 1.54) is 0 Å². The van der Waals surface area contributed by atoms with Gasteiger partial charge in [-0.2, -0.15) is 0 Å². The third-order valence-electron chi connectivity index (χ3n) is 5.95. The van der Waals surface area contributed by atoms with Crippen LogP contribution in [-0.4, -0.2) is 45.9 Å². The van der Waals surface area contributed by atoms with Gasteiger partial charge in [-0.3, -0.25) is 4.79 Å². The topological polar surface area (TPSA) is 87.8 Å². The molecule has 1 amide bonds. The maximum Gasteiger partial charge on any atom is 0.253 e. The van der Waals surface area contributed by atoms with Gasteiger partial charge in [0.2, 0.25) is 0 Å². The molecule has 1 aliphatic rings. The lowest BCUT2D eigenvalue weighted by Gasteiger charge is -2.42.